The maximum Gasteiger partial charge on any atom is 0.416 e. The molecule has 190 valence electrons. The Balaban J connectivity index is 1.68. The molecule has 5 heteroatoms. The molecule has 0 aliphatic carbocycles. The molecule has 2 nitrogen and oxygen atoms in total. The average Bonchev–Trinajstić information content (AvgIpc) is 3.18. The van der Waals surface area contributed by atoms with Gasteiger partial charge in [-0.2, -0.15) is 13.2 Å². The number of anilines is 1. The van der Waals surface area contributed by atoms with Crippen LogP contribution in [0.2, 0.25) is 0 Å². The van der Waals surface area contributed by atoms with E-state index in [4.69, 9.17) is 0 Å². The van der Waals surface area contributed by atoms with Crippen molar-refractivity contribution in [2.75, 3.05) is 18.0 Å². The van der Waals surface area contributed by atoms with E-state index in [2.05, 4.69) is 49.4 Å². The van der Waals surface area contributed by atoms with Gasteiger partial charge in [0.2, 0.25) is 0 Å². The topological polar surface area (TPSA) is 23.5 Å². The minimum Gasteiger partial charge on any atom is -0.382 e. The molecule has 4 aromatic rings. The molecule has 0 amide bonds. The molecule has 1 heterocycles. The Morgan fingerprint density at radius 1 is 0.865 bits per heavy atom. The summed E-state index contributed by atoms with van der Waals surface area (Å²) < 4.78 is 40.2. The number of nitrogens with zero attached hydrogens (tertiary/aromatic N) is 1. The highest BCUT2D eigenvalue weighted by atomic mass is 19.4. The van der Waals surface area contributed by atoms with Gasteiger partial charge in [0.25, 0.3) is 0 Å². The molecule has 1 unspecified atom stereocenters. The Labute approximate surface area is 216 Å². The van der Waals surface area contributed by atoms with Crippen LogP contribution in [-0.4, -0.2) is 30.5 Å². The molecule has 1 aliphatic rings. The third-order valence-corrected chi connectivity index (χ3v) is 7.46. The maximum atomic E-state index is 13.4. The standard InChI is InChI=1S/C32H30F3NO/c1-22-9-8-10-24(17-22)19-31(26-16-15-23(2)27(18-26)25-11-4-3-5-12-25)21-36(20-30(37)32(33,34)35)29-14-7-6-13-28(29)31/h3-18,30,37H,19-21H2,1-2H3/t30-,31?/m1/s1. The second-order valence-electron chi connectivity index (χ2n) is 10.1. The number of rotatable bonds is 6. The lowest BCUT2D eigenvalue weighted by Crippen LogP contribution is -2.44. The number of aliphatic hydroxyl groups is 1. The Morgan fingerprint density at radius 2 is 1.59 bits per heavy atom. The van der Waals surface area contributed by atoms with Crippen LogP contribution in [0.25, 0.3) is 11.1 Å². The zero-order valence-corrected chi connectivity index (χ0v) is 21.0. The summed E-state index contributed by atoms with van der Waals surface area (Å²) in [5.74, 6) is 0. The van der Waals surface area contributed by atoms with Crippen LogP contribution < -0.4 is 4.90 Å². The third-order valence-electron chi connectivity index (χ3n) is 7.46. The molecule has 0 spiro atoms. The summed E-state index contributed by atoms with van der Waals surface area (Å²) >= 11 is 0. The summed E-state index contributed by atoms with van der Waals surface area (Å²) in [6.45, 7) is 3.95. The molecule has 0 bridgehead atoms. The van der Waals surface area contributed by atoms with Crippen LogP contribution in [0.1, 0.15) is 27.8 Å². The Kier molecular flexibility index (Phi) is 6.59. The fraction of sp³-hybridized carbons (Fsp3) is 0.250. The summed E-state index contributed by atoms with van der Waals surface area (Å²) in [6.07, 6.45) is -6.48. The van der Waals surface area contributed by atoms with Crippen molar-refractivity contribution in [3.05, 3.63) is 125 Å². The zero-order valence-electron chi connectivity index (χ0n) is 21.0. The van der Waals surface area contributed by atoms with Gasteiger partial charge < -0.3 is 10.0 Å². The molecule has 0 saturated heterocycles. The highest BCUT2D eigenvalue weighted by Gasteiger charge is 2.47. The van der Waals surface area contributed by atoms with Gasteiger partial charge in [0.15, 0.2) is 6.10 Å². The van der Waals surface area contributed by atoms with Crippen LogP contribution in [0.3, 0.4) is 0 Å². The summed E-state index contributed by atoms with van der Waals surface area (Å²) in [6, 6.07) is 32.5. The van der Waals surface area contributed by atoms with E-state index in [1.165, 1.54) is 0 Å². The number of hydrogen-bond acceptors (Lipinski definition) is 2. The predicted molar refractivity (Wildman–Crippen MR) is 143 cm³/mol. The number of aryl methyl sites for hydroxylation is 2. The van der Waals surface area contributed by atoms with Gasteiger partial charge in [-0.15, -0.1) is 0 Å². The number of halogens is 3. The van der Waals surface area contributed by atoms with E-state index in [0.717, 1.165) is 44.6 Å². The molecule has 1 aliphatic heterocycles. The molecule has 2 atom stereocenters. The second-order valence-corrected chi connectivity index (χ2v) is 10.1. The van der Waals surface area contributed by atoms with Crippen molar-refractivity contribution in [2.24, 2.45) is 0 Å². The molecule has 0 radical (unpaired) electrons. The quantitative estimate of drug-likeness (QED) is 0.301. The van der Waals surface area contributed by atoms with Crippen LogP contribution in [-0.2, 0) is 11.8 Å². The van der Waals surface area contributed by atoms with Crippen LogP contribution in [0.5, 0.6) is 0 Å². The molecule has 0 saturated carbocycles. The molecule has 0 aromatic heterocycles. The van der Waals surface area contributed by atoms with Gasteiger partial charge in [0.05, 0.1) is 6.54 Å². The van der Waals surface area contributed by atoms with Crippen molar-refractivity contribution in [1.29, 1.82) is 0 Å². The number of aliphatic hydroxyl groups excluding tert-OH is 1. The summed E-state index contributed by atoms with van der Waals surface area (Å²) in [5, 5.41) is 10.0. The van der Waals surface area contributed by atoms with Gasteiger partial charge in [-0.25, -0.2) is 0 Å². The fourth-order valence-electron chi connectivity index (χ4n) is 5.64. The third kappa shape index (κ3) is 4.88. The molecule has 37 heavy (non-hydrogen) atoms. The first-order valence-electron chi connectivity index (χ1n) is 12.5. The van der Waals surface area contributed by atoms with Gasteiger partial charge >= 0.3 is 6.18 Å². The highest BCUT2D eigenvalue weighted by Crippen LogP contribution is 2.48. The minimum absolute atomic E-state index is 0.338. The number of β-amino-alcohol motifs (C(OH)–C–C–N with tert-alkyl or cyclic N) is 1. The van der Waals surface area contributed by atoms with E-state index >= 15 is 0 Å². The predicted octanol–water partition coefficient (Wildman–Crippen LogP) is 7.24. The monoisotopic (exact) mass is 501 g/mol. The van der Waals surface area contributed by atoms with Crippen LogP contribution in [0, 0.1) is 13.8 Å². The lowest BCUT2D eigenvalue weighted by molar-refractivity contribution is -0.200. The van der Waals surface area contributed by atoms with Gasteiger partial charge in [-0.3, -0.25) is 0 Å². The maximum absolute atomic E-state index is 13.4. The van der Waals surface area contributed by atoms with Gasteiger partial charge in [-0.1, -0.05) is 90.5 Å². The van der Waals surface area contributed by atoms with E-state index in [1.54, 1.807) is 4.90 Å². The normalized spacial score (nSPS) is 18.1. The van der Waals surface area contributed by atoms with Crippen molar-refractivity contribution in [2.45, 2.75) is 38.0 Å². The molecule has 0 fully saturated rings. The lowest BCUT2D eigenvalue weighted by Gasteiger charge is -2.33. The van der Waals surface area contributed by atoms with E-state index in [0.29, 0.717) is 13.0 Å². The summed E-state index contributed by atoms with van der Waals surface area (Å²) in [4.78, 5) is 1.70. The van der Waals surface area contributed by atoms with Gasteiger partial charge in [0, 0.05) is 17.6 Å². The zero-order chi connectivity index (χ0) is 26.2. The van der Waals surface area contributed by atoms with Crippen molar-refractivity contribution in [1.82, 2.24) is 0 Å². The van der Waals surface area contributed by atoms with Gasteiger partial charge in [-0.05, 0) is 65.8 Å². The first-order chi connectivity index (χ1) is 17.7. The van der Waals surface area contributed by atoms with E-state index in [-0.39, 0.29) is 0 Å². The molecule has 4 aromatic carbocycles. The number of para-hydroxylation sites is 1. The highest BCUT2D eigenvalue weighted by molar-refractivity contribution is 5.72. The number of alkyl halides is 3. The largest absolute Gasteiger partial charge is 0.416 e. The van der Waals surface area contributed by atoms with E-state index < -0.39 is 24.2 Å². The Bertz CT molecular complexity index is 1400. The summed E-state index contributed by atoms with van der Waals surface area (Å²) in [7, 11) is 0. The van der Waals surface area contributed by atoms with Crippen molar-refractivity contribution < 1.29 is 18.3 Å². The number of fused-ring (bicyclic) bond motifs is 1. The molecule has 5 rings (SSSR count). The lowest BCUT2D eigenvalue weighted by atomic mass is 9.71. The fourth-order valence-corrected chi connectivity index (χ4v) is 5.64. The first kappa shape index (κ1) is 25.1. The van der Waals surface area contributed by atoms with Crippen molar-refractivity contribution >= 4 is 5.69 Å². The SMILES string of the molecule is Cc1cccc(CC2(c3ccc(C)c(-c4ccccc4)c3)CN(C[C@@H](O)C(F)(F)F)c3ccccc32)c1. The second kappa shape index (κ2) is 9.71. The van der Waals surface area contributed by atoms with Crippen LogP contribution >= 0.6 is 0 Å². The molecular formula is C32H30F3NO. The smallest absolute Gasteiger partial charge is 0.382 e. The number of hydrogen-bond donors (Lipinski definition) is 1. The minimum atomic E-state index is -4.68. The van der Waals surface area contributed by atoms with Crippen LogP contribution in [0.15, 0.2) is 97.1 Å². The van der Waals surface area contributed by atoms with Crippen molar-refractivity contribution in [3.8, 4) is 11.1 Å². The molecular weight excluding hydrogens is 471 g/mol. The van der Waals surface area contributed by atoms with Crippen molar-refractivity contribution in [3.63, 3.8) is 0 Å². The van der Waals surface area contributed by atoms with Crippen LogP contribution in [0.4, 0.5) is 18.9 Å². The first-order valence-corrected chi connectivity index (χ1v) is 12.5. The van der Waals surface area contributed by atoms with E-state index in [1.807, 2.05) is 61.5 Å². The Morgan fingerprint density at radius 3 is 2.32 bits per heavy atom. The average molecular weight is 502 g/mol. The van der Waals surface area contributed by atoms with Gasteiger partial charge in [0.1, 0.15) is 0 Å². The number of benzene rings is 4. The van der Waals surface area contributed by atoms with E-state index in [9.17, 15) is 18.3 Å². The summed E-state index contributed by atoms with van der Waals surface area (Å²) in [5.41, 5.74) is 7.77. The Hall–Kier alpha value is -3.57. The molecule has 1 N–H and O–H groups in total.